The van der Waals surface area contributed by atoms with Crippen LogP contribution in [0, 0.1) is 12.8 Å². The first-order chi connectivity index (χ1) is 15.2. The summed E-state index contributed by atoms with van der Waals surface area (Å²) in [6, 6.07) is 12.8. The van der Waals surface area contributed by atoms with E-state index in [1.54, 1.807) is 28.6 Å². The summed E-state index contributed by atoms with van der Waals surface area (Å²) in [4.78, 5) is 15.1. The van der Waals surface area contributed by atoms with Crippen LogP contribution in [0.2, 0.25) is 5.15 Å². The van der Waals surface area contributed by atoms with Crippen LogP contribution in [0.15, 0.2) is 47.4 Å². The number of aromatic nitrogens is 2. The Labute approximate surface area is 193 Å². The van der Waals surface area contributed by atoms with Gasteiger partial charge in [0.05, 0.1) is 16.2 Å². The van der Waals surface area contributed by atoms with Crippen LogP contribution in [-0.4, -0.2) is 59.5 Å². The number of sulfonamides is 1. The second-order valence-electron chi connectivity index (χ2n) is 8.53. The Morgan fingerprint density at radius 1 is 1.06 bits per heavy atom. The lowest BCUT2D eigenvalue weighted by atomic mass is 10.1. The molecule has 7 nitrogen and oxygen atoms in total. The maximum Gasteiger partial charge on any atom is 0.258 e. The summed E-state index contributed by atoms with van der Waals surface area (Å²) in [6.07, 6.45) is 0. The van der Waals surface area contributed by atoms with E-state index in [9.17, 15) is 13.2 Å². The lowest BCUT2D eigenvalue weighted by molar-refractivity contribution is 0.0697. The molecule has 1 aromatic heterocycles. The highest BCUT2D eigenvalue weighted by Crippen LogP contribution is 2.25. The smallest absolute Gasteiger partial charge is 0.258 e. The van der Waals surface area contributed by atoms with Crippen LogP contribution in [0.1, 0.15) is 29.9 Å². The molecule has 0 radical (unpaired) electrons. The van der Waals surface area contributed by atoms with Crippen molar-refractivity contribution < 1.29 is 13.2 Å². The number of rotatable bonds is 5. The minimum atomic E-state index is -3.64. The third-order valence-corrected chi connectivity index (χ3v) is 7.98. The van der Waals surface area contributed by atoms with Gasteiger partial charge in [-0.25, -0.2) is 8.42 Å². The zero-order valence-corrected chi connectivity index (χ0v) is 20.0. The number of hydrogen-bond donors (Lipinski definition) is 0. The first-order valence-electron chi connectivity index (χ1n) is 10.7. The molecule has 170 valence electrons. The van der Waals surface area contributed by atoms with Gasteiger partial charge in [-0.15, -0.1) is 0 Å². The van der Waals surface area contributed by atoms with Crippen molar-refractivity contribution in [2.75, 3.05) is 26.2 Å². The molecule has 0 aliphatic carbocycles. The first-order valence-corrected chi connectivity index (χ1v) is 12.5. The van der Waals surface area contributed by atoms with E-state index in [2.05, 4.69) is 18.9 Å². The number of piperazine rings is 1. The number of hydrogen-bond acceptors (Lipinski definition) is 4. The molecule has 0 N–H and O–H groups in total. The quantitative estimate of drug-likeness (QED) is 0.563. The zero-order chi connectivity index (χ0) is 23.0. The fourth-order valence-corrected chi connectivity index (χ4v) is 5.81. The van der Waals surface area contributed by atoms with Gasteiger partial charge in [0, 0.05) is 32.7 Å². The number of carbonyl (C=O) groups excluding carboxylic acids is 1. The Morgan fingerprint density at radius 3 is 2.38 bits per heavy atom. The molecule has 1 aliphatic rings. The molecule has 1 fully saturated rings. The minimum absolute atomic E-state index is 0.203. The van der Waals surface area contributed by atoms with Crippen molar-refractivity contribution >= 4 is 38.3 Å². The number of benzene rings is 2. The topological polar surface area (TPSA) is 75.5 Å². The molecule has 4 rings (SSSR count). The molecule has 0 unspecified atom stereocenters. The van der Waals surface area contributed by atoms with Crippen LogP contribution in [0.5, 0.6) is 0 Å². The van der Waals surface area contributed by atoms with Crippen LogP contribution >= 0.6 is 11.6 Å². The molecule has 3 aromatic rings. The molecular weight excluding hydrogens is 448 g/mol. The van der Waals surface area contributed by atoms with Crippen LogP contribution in [0.3, 0.4) is 0 Å². The number of aryl methyl sites for hydroxylation is 1. The molecule has 1 saturated heterocycles. The fourth-order valence-electron chi connectivity index (χ4n) is 4.03. The van der Waals surface area contributed by atoms with Gasteiger partial charge in [0.2, 0.25) is 10.0 Å². The maximum absolute atomic E-state index is 13.2. The molecule has 0 saturated carbocycles. The lowest BCUT2D eigenvalue weighted by Crippen LogP contribution is -2.50. The van der Waals surface area contributed by atoms with Crippen molar-refractivity contribution in [1.82, 2.24) is 19.0 Å². The summed E-state index contributed by atoms with van der Waals surface area (Å²) < 4.78 is 29.5. The van der Waals surface area contributed by atoms with E-state index in [1.807, 2.05) is 30.3 Å². The summed E-state index contributed by atoms with van der Waals surface area (Å²) in [5, 5.41) is 6.63. The number of carbonyl (C=O) groups is 1. The van der Waals surface area contributed by atoms with Crippen LogP contribution in [0.25, 0.3) is 10.8 Å². The highest BCUT2D eigenvalue weighted by Gasteiger charge is 2.32. The maximum atomic E-state index is 13.2. The van der Waals surface area contributed by atoms with Gasteiger partial charge in [-0.2, -0.15) is 9.40 Å². The summed E-state index contributed by atoms with van der Waals surface area (Å²) in [5.41, 5.74) is 0.991. The Kier molecular flexibility index (Phi) is 6.29. The van der Waals surface area contributed by atoms with E-state index in [0.29, 0.717) is 42.0 Å². The number of amides is 1. The Morgan fingerprint density at radius 2 is 1.72 bits per heavy atom. The molecule has 0 spiro atoms. The van der Waals surface area contributed by atoms with Gasteiger partial charge in [0.1, 0.15) is 5.15 Å². The molecule has 9 heteroatoms. The Hall–Kier alpha value is -2.42. The normalized spacial score (nSPS) is 15.6. The van der Waals surface area contributed by atoms with Gasteiger partial charge in [-0.05, 0) is 35.7 Å². The molecule has 2 heterocycles. The first kappa shape index (κ1) is 22.8. The molecule has 0 atom stereocenters. The second kappa shape index (κ2) is 8.84. The molecular formula is C23H27ClN4O3S. The van der Waals surface area contributed by atoms with Crippen molar-refractivity contribution in [3.8, 4) is 0 Å². The highest BCUT2D eigenvalue weighted by molar-refractivity contribution is 7.89. The average Bonchev–Trinajstić information content (AvgIpc) is 3.05. The van der Waals surface area contributed by atoms with Gasteiger partial charge >= 0.3 is 0 Å². The van der Waals surface area contributed by atoms with Crippen molar-refractivity contribution in [2.24, 2.45) is 5.92 Å². The van der Waals surface area contributed by atoms with Crippen LogP contribution < -0.4 is 0 Å². The van der Waals surface area contributed by atoms with E-state index in [-0.39, 0.29) is 23.9 Å². The number of halogens is 1. The van der Waals surface area contributed by atoms with E-state index in [4.69, 9.17) is 11.6 Å². The molecule has 1 amide bonds. The molecule has 0 bridgehead atoms. The predicted octanol–water partition coefficient (Wildman–Crippen LogP) is 3.80. The largest absolute Gasteiger partial charge is 0.336 e. The van der Waals surface area contributed by atoms with E-state index in [1.165, 1.54) is 4.31 Å². The third-order valence-electron chi connectivity index (χ3n) is 5.70. The third kappa shape index (κ3) is 4.27. The number of fused-ring (bicyclic) bond motifs is 1. The minimum Gasteiger partial charge on any atom is -0.336 e. The highest BCUT2D eigenvalue weighted by atomic mass is 35.5. The van der Waals surface area contributed by atoms with Crippen LogP contribution in [-0.2, 0) is 16.6 Å². The van der Waals surface area contributed by atoms with Crippen molar-refractivity contribution in [3.63, 3.8) is 0 Å². The monoisotopic (exact) mass is 474 g/mol. The van der Waals surface area contributed by atoms with E-state index in [0.717, 1.165) is 10.8 Å². The number of nitrogens with zero attached hydrogens (tertiary/aromatic N) is 4. The summed E-state index contributed by atoms with van der Waals surface area (Å²) in [5.74, 6) is 0.142. The SMILES string of the molecule is Cc1nn(CC(C)C)c(Cl)c1C(=O)N1CCN(S(=O)(=O)c2ccc3ccccc3c2)CC1. The van der Waals surface area contributed by atoms with Gasteiger partial charge < -0.3 is 4.90 Å². The summed E-state index contributed by atoms with van der Waals surface area (Å²) >= 11 is 6.46. The van der Waals surface area contributed by atoms with Crippen molar-refractivity contribution in [2.45, 2.75) is 32.2 Å². The summed E-state index contributed by atoms with van der Waals surface area (Å²) in [6.45, 7) is 7.60. The zero-order valence-electron chi connectivity index (χ0n) is 18.5. The second-order valence-corrected chi connectivity index (χ2v) is 10.8. The van der Waals surface area contributed by atoms with Gasteiger partial charge in [-0.3, -0.25) is 9.48 Å². The summed E-state index contributed by atoms with van der Waals surface area (Å²) in [7, 11) is -3.64. The van der Waals surface area contributed by atoms with Crippen molar-refractivity contribution in [3.05, 3.63) is 58.9 Å². The van der Waals surface area contributed by atoms with Gasteiger partial charge in [0.15, 0.2) is 0 Å². The van der Waals surface area contributed by atoms with Crippen LogP contribution in [0.4, 0.5) is 0 Å². The molecule has 1 aliphatic heterocycles. The fraction of sp³-hybridized carbons (Fsp3) is 0.391. The standard InChI is InChI=1S/C23H27ClN4O3S/c1-16(2)15-28-22(24)21(17(3)25-28)23(29)26-10-12-27(13-11-26)32(30,31)20-9-8-18-6-4-5-7-19(18)14-20/h4-9,14,16H,10-13,15H2,1-3H3. The Bertz CT molecular complexity index is 1260. The molecule has 2 aromatic carbocycles. The van der Waals surface area contributed by atoms with E-state index < -0.39 is 10.0 Å². The van der Waals surface area contributed by atoms with E-state index >= 15 is 0 Å². The van der Waals surface area contributed by atoms with Crippen molar-refractivity contribution in [1.29, 1.82) is 0 Å². The predicted molar refractivity (Wildman–Crippen MR) is 125 cm³/mol. The molecule has 32 heavy (non-hydrogen) atoms. The Balaban J connectivity index is 1.49. The average molecular weight is 475 g/mol. The lowest BCUT2D eigenvalue weighted by Gasteiger charge is -2.34. The van der Waals surface area contributed by atoms with Gasteiger partial charge in [0.25, 0.3) is 5.91 Å². The van der Waals surface area contributed by atoms with Gasteiger partial charge in [-0.1, -0.05) is 55.8 Å².